The first-order valence-electron chi connectivity index (χ1n) is 10.3. The van der Waals surface area contributed by atoms with Gasteiger partial charge in [-0.05, 0) is 57.8 Å². The average Bonchev–Trinajstić information content (AvgIpc) is 3.04. The molecule has 8 nitrogen and oxygen atoms in total. The number of ether oxygens (including phenoxy) is 3. The second kappa shape index (κ2) is 9.62. The van der Waals surface area contributed by atoms with E-state index in [9.17, 15) is 9.59 Å². The number of nitrogens with zero attached hydrogens (tertiary/aromatic N) is 1. The lowest BCUT2D eigenvalue weighted by Gasteiger charge is -2.37. The van der Waals surface area contributed by atoms with E-state index in [1.165, 1.54) is 26.2 Å². The van der Waals surface area contributed by atoms with Gasteiger partial charge in [-0.25, -0.2) is 0 Å². The summed E-state index contributed by atoms with van der Waals surface area (Å²) < 4.78 is 28.6. The van der Waals surface area contributed by atoms with E-state index in [4.69, 9.17) is 23.1 Å². The molecule has 2 atom stereocenters. The molecular formula is C21H35NO7Si2. The molecule has 10 heteroatoms. The van der Waals surface area contributed by atoms with Crippen molar-refractivity contribution in [2.75, 3.05) is 21.3 Å². The lowest BCUT2D eigenvalue weighted by atomic mass is 10.1. The van der Waals surface area contributed by atoms with Crippen LogP contribution in [0.4, 0.5) is 0 Å². The Morgan fingerprint density at radius 3 is 1.94 bits per heavy atom. The van der Waals surface area contributed by atoms with Crippen molar-refractivity contribution in [1.82, 2.24) is 4.90 Å². The van der Waals surface area contributed by atoms with Crippen LogP contribution in [0.5, 0.6) is 17.2 Å². The van der Waals surface area contributed by atoms with Gasteiger partial charge in [0.05, 0.1) is 21.3 Å². The molecule has 0 spiro atoms. The molecule has 0 N–H and O–H groups in total. The third kappa shape index (κ3) is 6.24. The van der Waals surface area contributed by atoms with Crippen molar-refractivity contribution < 1.29 is 32.7 Å². The topological polar surface area (TPSA) is 83.5 Å². The van der Waals surface area contributed by atoms with Crippen LogP contribution in [0.2, 0.25) is 39.3 Å². The number of hydrogen-bond donors (Lipinski definition) is 0. The van der Waals surface area contributed by atoms with Crippen LogP contribution in [0.15, 0.2) is 12.1 Å². The van der Waals surface area contributed by atoms with Gasteiger partial charge in [0.25, 0.3) is 0 Å². The molecule has 1 aliphatic rings. The number of rotatable bonds is 9. The summed E-state index contributed by atoms with van der Waals surface area (Å²) in [6.07, 6.45) is -0.103. The summed E-state index contributed by atoms with van der Waals surface area (Å²) in [4.78, 5) is 27.5. The Morgan fingerprint density at radius 1 is 0.968 bits per heavy atom. The van der Waals surface area contributed by atoms with Crippen molar-refractivity contribution >= 4 is 28.5 Å². The molecule has 1 fully saturated rings. The Balaban J connectivity index is 2.58. The maximum absolute atomic E-state index is 13.0. The number of benzene rings is 1. The molecule has 174 valence electrons. The third-order valence-corrected chi connectivity index (χ3v) is 6.37. The standard InChI is InChI=1S/C21H35NO7Si2/c1-25-16-12-14(13-17(26-2)19(16)27-3)20(28-30(4,5)6)22-15(10-11-18(22)23)21(24)29-31(7,8)9/h12-13,15,20H,10-11H2,1-9H3/t15-,20-/m0/s1. The van der Waals surface area contributed by atoms with E-state index >= 15 is 0 Å². The molecule has 0 radical (unpaired) electrons. The fraction of sp³-hybridized carbons (Fsp3) is 0.619. The molecule has 0 bridgehead atoms. The molecule has 1 amide bonds. The number of amides is 1. The molecule has 0 saturated carbocycles. The van der Waals surface area contributed by atoms with Gasteiger partial charge in [0.1, 0.15) is 12.3 Å². The third-order valence-electron chi connectivity index (χ3n) is 4.62. The number of carbonyl (C=O) groups is 2. The van der Waals surface area contributed by atoms with Crippen molar-refractivity contribution in [3.05, 3.63) is 17.7 Å². The highest BCUT2D eigenvalue weighted by Crippen LogP contribution is 2.43. The zero-order valence-corrected chi connectivity index (χ0v) is 22.0. The summed E-state index contributed by atoms with van der Waals surface area (Å²) in [5.41, 5.74) is 0.651. The molecule has 2 rings (SSSR count). The molecule has 0 aromatic heterocycles. The summed E-state index contributed by atoms with van der Waals surface area (Å²) >= 11 is 0. The first-order valence-corrected chi connectivity index (χ1v) is 17.1. The Hall–Kier alpha value is -2.05. The minimum Gasteiger partial charge on any atom is -0.518 e. The van der Waals surface area contributed by atoms with Crippen molar-refractivity contribution in [1.29, 1.82) is 0 Å². The van der Waals surface area contributed by atoms with E-state index in [2.05, 4.69) is 0 Å². The minimum atomic E-state index is -2.14. The van der Waals surface area contributed by atoms with Gasteiger partial charge in [-0.2, -0.15) is 0 Å². The lowest BCUT2D eigenvalue weighted by molar-refractivity contribution is -0.152. The Kier molecular flexibility index (Phi) is 7.82. The lowest BCUT2D eigenvalue weighted by Crippen LogP contribution is -2.47. The average molecular weight is 470 g/mol. The van der Waals surface area contributed by atoms with Gasteiger partial charge in [0.2, 0.25) is 20.0 Å². The largest absolute Gasteiger partial charge is 0.518 e. The molecule has 1 aromatic carbocycles. The van der Waals surface area contributed by atoms with E-state index < -0.39 is 28.9 Å². The van der Waals surface area contributed by atoms with Gasteiger partial charge in [-0.15, -0.1) is 0 Å². The van der Waals surface area contributed by atoms with Crippen LogP contribution in [0.25, 0.3) is 0 Å². The maximum Gasteiger partial charge on any atom is 0.315 e. The zero-order chi connectivity index (χ0) is 23.6. The summed E-state index contributed by atoms with van der Waals surface area (Å²) in [7, 11) is 0.338. The summed E-state index contributed by atoms with van der Waals surface area (Å²) in [6.45, 7) is 11.9. The van der Waals surface area contributed by atoms with E-state index in [1.807, 2.05) is 39.3 Å². The van der Waals surface area contributed by atoms with Crippen molar-refractivity contribution in [2.45, 2.75) is 64.4 Å². The quantitative estimate of drug-likeness (QED) is 0.507. The van der Waals surface area contributed by atoms with Gasteiger partial charge >= 0.3 is 5.97 Å². The maximum atomic E-state index is 13.0. The van der Waals surface area contributed by atoms with Crippen LogP contribution in [-0.2, 0) is 18.4 Å². The Labute approximate surface area is 187 Å². The van der Waals surface area contributed by atoms with Crippen LogP contribution in [0.1, 0.15) is 24.6 Å². The van der Waals surface area contributed by atoms with Crippen LogP contribution < -0.4 is 14.2 Å². The molecule has 31 heavy (non-hydrogen) atoms. The Morgan fingerprint density at radius 2 is 1.52 bits per heavy atom. The van der Waals surface area contributed by atoms with Gasteiger partial charge in [0.15, 0.2) is 19.8 Å². The summed E-state index contributed by atoms with van der Waals surface area (Å²) in [5, 5.41) is 0. The smallest absolute Gasteiger partial charge is 0.315 e. The second-order valence-electron chi connectivity index (χ2n) is 9.43. The second-order valence-corrected chi connectivity index (χ2v) is 18.3. The van der Waals surface area contributed by atoms with Crippen molar-refractivity contribution in [2.24, 2.45) is 0 Å². The molecule has 1 aliphatic heterocycles. The van der Waals surface area contributed by atoms with Gasteiger partial charge in [-0.1, -0.05) is 0 Å². The van der Waals surface area contributed by atoms with Gasteiger partial charge < -0.3 is 23.1 Å². The fourth-order valence-corrected chi connectivity index (χ4v) is 5.12. The van der Waals surface area contributed by atoms with Crippen LogP contribution in [0, 0.1) is 0 Å². The first-order chi connectivity index (χ1) is 14.3. The minimum absolute atomic E-state index is 0.144. The molecular weight excluding hydrogens is 434 g/mol. The van der Waals surface area contributed by atoms with E-state index in [-0.39, 0.29) is 18.3 Å². The summed E-state index contributed by atoms with van der Waals surface area (Å²) in [5.74, 6) is 0.835. The summed E-state index contributed by atoms with van der Waals surface area (Å²) in [6, 6.07) is 2.83. The molecule has 1 saturated heterocycles. The predicted octanol–water partition coefficient (Wildman–Crippen LogP) is 3.93. The van der Waals surface area contributed by atoms with Crippen LogP contribution in [0.3, 0.4) is 0 Å². The van der Waals surface area contributed by atoms with E-state index in [1.54, 1.807) is 12.1 Å². The van der Waals surface area contributed by atoms with E-state index in [0.29, 0.717) is 29.2 Å². The molecule has 1 aromatic rings. The normalized spacial score (nSPS) is 18.0. The van der Waals surface area contributed by atoms with Crippen molar-refractivity contribution in [3.8, 4) is 17.2 Å². The predicted molar refractivity (Wildman–Crippen MR) is 123 cm³/mol. The number of carbonyl (C=O) groups excluding carboxylic acids is 2. The number of likely N-dealkylation sites (tertiary alicyclic amines) is 1. The van der Waals surface area contributed by atoms with Crippen LogP contribution >= 0.6 is 0 Å². The highest BCUT2D eigenvalue weighted by Gasteiger charge is 2.45. The van der Waals surface area contributed by atoms with Crippen LogP contribution in [-0.4, -0.2) is 60.8 Å². The monoisotopic (exact) mass is 469 g/mol. The van der Waals surface area contributed by atoms with E-state index in [0.717, 1.165) is 0 Å². The van der Waals surface area contributed by atoms with Gasteiger partial charge in [-0.3, -0.25) is 14.5 Å². The molecule has 1 heterocycles. The molecule has 0 unspecified atom stereocenters. The van der Waals surface area contributed by atoms with Crippen molar-refractivity contribution in [3.63, 3.8) is 0 Å². The number of hydrogen-bond acceptors (Lipinski definition) is 7. The zero-order valence-electron chi connectivity index (χ0n) is 20.0. The SMILES string of the molecule is COc1cc([C@H](O[Si](C)(C)C)N2C(=O)CC[C@H]2C(=O)O[Si](C)(C)C)cc(OC)c1OC. The highest BCUT2D eigenvalue weighted by atomic mass is 28.4. The molecule has 0 aliphatic carbocycles. The fourth-order valence-electron chi connectivity index (χ4n) is 3.46. The highest BCUT2D eigenvalue weighted by molar-refractivity contribution is 6.71. The Bertz CT molecular complexity index is 792. The number of methoxy groups -OCH3 is 3. The van der Waals surface area contributed by atoms with Gasteiger partial charge in [0, 0.05) is 12.0 Å². The first kappa shape index (κ1) is 25.2.